The quantitative estimate of drug-likeness (QED) is 0.574. The second-order valence-electron chi connectivity index (χ2n) is 7.19. The van der Waals surface area contributed by atoms with Crippen molar-refractivity contribution in [3.63, 3.8) is 0 Å². The molecule has 0 amide bonds. The van der Waals surface area contributed by atoms with Gasteiger partial charge in [0.1, 0.15) is 0 Å². The normalized spacial score (nSPS) is 26.0. The van der Waals surface area contributed by atoms with Gasteiger partial charge in [-0.05, 0) is 32.6 Å². The van der Waals surface area contributed by atoms with Crippen LogP contribution in [-0.2, 0) is 23.1 Å². The molecule has 1 saturated carbocycles. The zero-order chi connectivity index (χ0) is 19.6. The van der Waals surface area contributed by atoms with Gasteiger partial charge < -0.3 is 15.1 Å². The van der Waals surface area contributed by atoms with Gasteiger partial charge in [-0.2, -0.15) is 0 Å². The lowest BCUT2D eigenvalue weighted by Gasteiger charge is -2.18. The first-order valence-electron chi connectivity index (χ1n) is 8.73. The molecule has 0 unspecified atom stereocenters. The molecule has 3 rings (SSSR count). The highest BCUT2D eigenvalue weighted by Gasteiger charge is 2.43. The molecule has 0 radical (unpaired) electrons. The van der Waals surface area contributed by atoms with Gasteiger partial charge in [-0.15, -0.1) is 5.10 Å². The lowest BCUT2D eigenvalue weighted by atomic mass is 10.1. The van der Waals surface area contributed by atoms with Crippen molar-refractivity contribution in [3.05, 3.63) is 42.2 Å². The van der Waals surface area contributed by atoms with Crippen LogP contribution in [0.2, 0.25) is 0 Å². The number of aliphatic hydroxyl groups excluding tert-OH is 2. The predicted octanol–water partition coefficient (Wildman–Crippen LogP) is -0.571. The van der Waals surface area contributed by atoms with Crippen molar-refractivity contribution in [2.75, 3.05) is 14.1 Å². The minimum Gasteiger partial charge on any atom is -0.390 e. The van der Waals surface area contributed by atoms with E-state index in [1.54, 1.807) is 29.1 Å². The highest BCUT2D eigenvalue weighted by Crippen LogP contribution is 2.29. The van der Waals surface area contributed by atoms with Crippen LogP contribution in [0.25, 0.3) is 0 Å². The summed E-state index contributed by atoms with van der Waals surface area (Å²) in [5.41, 5.74) is 0.800. The Bertz CT molecular complexity index is 855. The van der Waals surface area contributed by atoms with Crippen LogP contribution in [0.15, 0.2) is 41.4 Å². The summed E-state index contributed by atoms with van der Waals surface area (Å²) in [7, 11) is 0.0931. The van der Waals surface area contributed by atoms with E-state index in [4.69, 9.17) is 0 Å². The number of nitrogens with zero attached hydrogens (tertiary/aromatic N) is 4. The third kappa shape index (κ3) is 4.71. The lowest BCUT2D eigenvalue weighted by molar-refractivity contribution is 0.00972. The minimum absolute atomic E-state index is 0.125. The molecule has 0 saturated heterocycles. The summed E-state index contributed by atoms with van der Waals surface area (Å²) in [5.74, 6) is -0.336. The molecule has 2 aromatic rings. The topological polar surface area (TPSA) is 121 Å². The number of nitrogens with one attached hydrogen (secondary N) is 1. The molecule has 1 heterocycles. The molecule has 4 atom stereocenters. The lowest BCUT2D eigenvalue weighted by Crippen LogP contribution is -2.43. The van der Waals surface area contributed by atoms with Crippen molar-refractivity contribution in [1.29, 1.82) is 0 Å². The molecule has 1 aliphatic rings. The number of rotatable bonds is 7. The van der Waals surface area contributed by atoms with Crippen LogP contribution in [0.3, 0.4) is 0 Å². The Morgan fingerprint density at radius 2 is 1.93 bits per heavy atom. The van der Waals surface area contributed by atoms with E-state index in [1.165, 1.54) is 12.1 Å². The Morgan fingerprint density at radius 3 is 2.59 bits per heavy atom. The maximum absolute atomic E-state index is 12.5. The molecule has 1 aromatic heterocycles. The van der Waals surface area contributed by atoms with Crippen molar-refractivity contribution in [1.82, 2.24) is 24.6 Å². The smallest absolute Gasteiger partial charge is 0.240 e. The Balaban J connectivity index is 1.66. The average Bonchev–Trinajstić information content (AvgIpc) is 3.15. The van der Waals surface area contributed by atoms with Crippen molar-refractivity contribution >= 4 is 10.0 Å². The van der Waals surface area contributed by atoms with Gasteiger partial charge in [-0.1, -0.05) is 23.4 Å². The van der Waals surface area contributed by atoms with Crippen LogP contribution >= 0.6 is 0 Å². The second-order valence-corrected chi connectivity index (χ2v) is 8.90. The molecule has 1 aromatic carbocycles. The van der Waals surface area contributed by atoms with E-state index in [2.05, 4.69) is 15.0 Å². The summed E-state index contributed by atoms with van der Waals surface area (Å²) in [4.78, 5) is 2.09. The van der Waals surface area contributed by atoms with Crippen LogP contribution in [0.4, 0.5) is 0 Å². The number of sulfonamides is 1. The van der Waals surface area contributed by atoms with E-state index < -0.39 is 28.3 Å². The first kappa shape index (κ1) is 19.9. The predicted molar refractivity (Wildman–Crippen MR) is 98.1 cm³/mol. The van der Waals surface area contributed by atoms with Crippen molar-refractivity contribution in [3.8, 4) is 0 Å². The van der Waals surface area contributed by atoms with Gasteiger partial charge in [-0.25, -0.2) is 13.1 Å². The molecule has 0 bridgehead atoms. The maximum atomic E-state index is 12.5. The molecule has 148 valence electrons. The number of aliphatic hydroxyl groups is 2. The van der Waals surface area contributed by atoms with E-state index in [9.17, 15) is 18.6 Å². The van der Waals surface area contributed by atoms with Gasteiger partial charge in [0.15, 0.2) is 0 Å². The van der Waals surface area contributed by atoms with Crippen LogP contribution in [-0.4, -0.2) is 70.9 Å². The Kier molecular flexibility index (Phi) is 5.92. The Hall–Kier alpha value is -1.85. The van der Waals surface area contributed by atoms with Crippen molar-refractivity contribution in [2.24, 2.45) is 5.92 Å². The SMILES string of the molecule is CN(C)Cc1cn(C[C@H]2C[C@@H](NS(=O)(=O)c3ccccc3)[C@H](O)[C@@H]2O)nn1. The summed E-state index contributed by atoms with van der Waals surface area (Å²) >= 11 is 0. The molecule has 27 heavy (non-hydrogen) atoms. The molecule has 0 aliphatic heterocycles. The van der Waals surface area contributed by atoms with Crippen LogP contribution < -0.4 is 4.72 Å². The summed E-state index contributed by atoms with van der Waals surface area (Å²) in [6.07, 6.45) is -0.133. The van der Waals surface area contributed by atoms with Gasteiger partial charge in [0.25, 0.3) is 0 Å². The zero-order valence-corrected chi connectivity index (χ0v) is 16.1. The Morgan fingerprint density at radius 1 is 1.22 bits per heavy atom. The first-order chi connectivity index (χ1) is 12.8. The van der Waals surface area contributed by atoms with E-state index in [0.717, 1.165) is 5.69 Å². The average molecular weight is 395 g/mol. The van der Waals surface area contributed by atoms with E-state index in [0.29, 0.717) is 19.5 Å². The fourth-order valence-corrected chi connectivity index (χ4v) is 4.64. The highest BCUT2D eigenvalue weighted by atomic mass is 32.2. The number of hydrogen-bond acceptors (Lipinski definition) is 7. The standard InChI is InChI=1S/C17H25N5O4S/c1-21(2)10-13-11-22(20-18-13)9-12-8-15(17(24)16(12)23)19-27(25,26)14-6-4-3-5-7-14/h3-7,11-12,15-17,19,23-24H,8-10H2,1-2H3/t12-,15-,16-,17+/m1/s1. The number of hydrogen-bond donors (Lipinski definition) is 3. The summed E-state index contributed by atoms with van der Waals surface area (Å²) in [6.45, 7) is 0.998. The van der Waals surface area contributed by atoms with E-state index in [1.807, 2.05) is 19.0 Å². The second kappa shape index (κ2) is 8.03. The van der Waals surface area contributed by atoms with Crippen molar-refractivity contribution in [2.45, 2.75) is 42.7 Å². The molecule has 10 heteroatoms. The van der Waals surface area contributed by atoms with Gasteiger partial charge in [0, 0.05) is 25.2 Å². The third-order valence-electron chi connectivity index (χ3n) is 4.65. The summed E-state index contributed by atoms with van der Waals surface area (Å²) in [5, 5.41) is 28.8. The van der Waals surface area contributed by atoms with Gasteiger partial charge in [-0.3, -0.25) is 4.68 Å². The fourth-order valence-electron chi connectivity index (χ4n) is 3.35. The number of aromatic nitrogens is 3. The highest BCUT2D eigenvalue weighted by molar-refractivity contribution is 7.89. The van der Waals surface area contributed by atoms with Gasteiger partial charge in [0.2, 0.25) is 10.0 Å². The summed E-state index contributed by atoms with van der Waals surface area (Å²) < 4.78 is 29.1. The molecule has 3 N–H and O–H groups in total. The first-order valence-corrected chi connectivity index (χ1v) is 10.2. The maximum Gasteiger partial charge on any atom is 0.240 e. The van der Waals surface area contributed by atoms with Crippen molar-refractivity contribution < 1.29 is 18.6 Å². The third-order valence-corrected chi connectivity index (χ3v) is 6.15. The van der Waals surface area contributed by atoms with Gasteiger partial charge >= 0.3 is 0 Å². The number of benzene rings is 1. The monoisotopic (exact) mass is 395 g/mol. The molecule has 0 spiro atoms. The van der Waals surface area contributed by atoms with Crippen LogP contribution in [0.5, 0.6) is 0 Å². The summed E-state index contributed by atoms with van der Waals surface area (Å²) in [6, 6.07) is 7.20. The van der Waals surface area contributed by atoms with Crippen LogP contribution in [0, 0.1) is 5.92 Å². The molecular formula is C17H25N5O4S. The van der Waals surface area contributed by atoms with E-state index in [-0.39, 0.29) is 10.8 Å². The molecule has 9 nitrogen and oxygen atoms in total. The molecule has 1 aliphatic carbocycles. The van der Waals surface area contributed by atoms with Crippen LogP contribution in [0.1, 0.15) is 12.1 Å². The zero-order valence-electron chi connectivity index (χ0n) is 15.3. The fraction of sp³-hybridized carbons (Fsp3) is 0.529. The minimum atomic E-state index is -3.77. The molecular weight excluding hydrogens is 370 g/mol. The van der Waals surface area contributed by atoms with Gasteiger partial charge in [0.05, 0.1) is 28.8 Å². The van der Waals surface area contributed by atoms with E-state index >= 15 is 0 Å². The molecule has 1 fully saturated rings. The Labute approximate surface area is 158 Å². The largest absolute Gasteiger partial charge is 0.390 e.